The van der Waals surface area contributed by atoms with Gasteiger partial charge < -0.3 is 23.7 Å². The molecule has 0 N–H and O–H groups in total. The number of ether oxygens (including phenoxy) is 5. The molecule has 0 aliphatic heterocycles. The van der Waals surface area contributed by atoms with Crippen LogP contribution in [-0.4, -0.2) is 64.8 Å². The first-order chi connectivity index (χ1) is 14.1. The molecule has 0 aromatic heterocycles. The first-order valence-electron chi connectivity index (χ1n) is 10.8. The van der Waals surface area contributed by atoms with Gasteiger partial charge in [-0.15, -0.1) is 0 Å². The molecule has 0 atom stereocenters. The van der Waals surface area contributed by atoms with E-state index in [1.165, 1.54) is 32.1 Å². The number of carbonyl (C=O) groups is 2. The molecule has 170 valence electrons. The molecule has 7 nitrogen and oxygen atoms in total. The van der Waals surface area contributed by atoms with Crippen molar-refractivity contribution in [2.24, 2.45) is 0 Å². The average molecular weight is 417 g/mol. The summed E-state index contributed by atoms with van der Waals surface area (Å²) < 4.78 is 26.0. The highest BCUT2D eigenvalue weighted by atomic mass is 16.6. The van der Waals surface area contributed by atoms with Gasteiger partial charge in [-0.3, -0.25) is 4.79 Å². The third-order valence-electron chi connectivity index (χ3n) is 4.03. The first kappa shape index (κ1) is 27.6. The summed E-state index contributed by atoms with van der Waals surface area (Å²) in [6, 6.07) is 0. The smallest absolute Gasteiger partial charge is 0.333 e. The third kappa shape index (κ3) is 21.1. The number of hydrogen-bond acceptors (Lipinski definition) is 7. The number of esters is 2. The van der Waals surface area contributed by atoms with Crippen molar-refractivity contribution in [2.75, 3.05) is 52.9 Å². The Morgan fingerprint density at radius 2 is 1.10 bits per heavy atom. The van der Waals surface area contributed by atoms with Crippen LogP contribution in [0.4, 0.5) is 0 Å². The predicted octanol–water partition coefficient (Wildman–Crippen LogP) is 3.84. The summed E-state index contributed by atoms with van der Waals surface area (Å²) in [6.45, 7) is 10.2. The molecule has 0 spiro atoms. The molecule has 0 aromatic carbocycles. The molecule has 0 radical (unpaired) electrons. The van der Waals surface area contributed by atoms with Gasteiger partial charge >= 0.3 is 11.9 Å². The first-order valence-corrected chi connectivity index (χ1v) is 10.8. The maximum Gasteiger partial charge on any atom is 0.333 e. The summed E-state index contributed by atoms with van der Waals surface area (Å²) >= 11 is 0. The maximum atomic E-state index is 11.6. The molecule has 0 saturated carbocycles. The lowest BCUT2D eigenvalue weighted by molar-refractivity contribution is -0.145. The number of hydrogen-bond donors (Lipinski definition) is 0. The summed E-state index contributed by atoms with van der Waals surface area (Å²) in [5.74, 6) is -0.560. The lowest BCUT2D eigenvalue weighted by atomic mass is 10.1. The summed E-state index contributed by atoms with van der Waals surface area (Å²) in [5, 5.41) is 0. The fourth-order valence-electron chi connectivity index (χ4n) is 2.37. The van der Waals surface area contributed by atoms with Crippen LogP contribution in [0.2, 0.25) is 0 Å². The van der Waals surface area contributed by atoms with Crippen molar-refractivity contribution >= 4 is 11.9 Å². The molecule has 0 aliphatic carbocycles. The topological polar surface area (TPSA) is 80.3 Å². The van der Waals surface area contributed by atoms with Crippen molar-refractivity contribution in [3.63, 3.8) is 0 Å². The van der Waals surface area contributed by atoms with E-state index < -0.39 is 5.97 Å². The minimum absolute atomic E-state index is 0.149. The molecule has 0 amide bonds. The molecular formula is C22H40O7. The Kier molecular flexibility index (Phi) is 20.2. The van der Waals surface area contributed by atoms with E-state index in [1.807, 2.05) is 0 Å². The van der Waals surface area contributed by atoms with Crippen LogP contribution in [0.1, 0.15) is 65.2 Å². The van der Waals surface area contributed by atoms with Crippen molar-refractivity contribution in [1.82, 2.24) is 0 Å². The largest absolute Gasteiger partial charge is 0.463 e. The Morgan fingerprint density at radius 3 is 1.62 bits per heavy atom. The molecule has 0 aliphatic rings. The summed E-state index contributed by atoms with van der Waals surface area (Å²) in [4.78, 5) is 22.7. The highest BCUT2D eigenvalue weighted by molar-refractivity contribution is 5.86. The van der Waals surface area contributed by atoms with E-state index in [1.54, 1.807) is 6.92 Å². The molecule has 0 bridgehead atoms. The monoisotopic (exact) mass is 416 g/mol. The van der Waals surface area contributed by atoms with Gasteiger partial charge in [-0.1, -0.05) is 52.0 Å². The van der Waals surface area contributed by atoms with E-state index in [4.69, 9.17) is 23.7 Å². The molecule has 29 heavy (non-hydrogen) atoms. The van der Waals surface area contributed by atoms with Gasteiger partial charge in [-0.05, 0) is 13.3 Å². The van der Waals surface area contributed by atoms with Gasteiger partial charge in [0.05, 0.1) is 39.6 Å². The van der Waals surface area contributed by atoms with Gasteiger partial charge in [0.1, 0.15) is 13.2 Å². The second-order valence-electron chi connectivity index (χ2n) is 6.85. The van der Waals surface area contributed by atoms with Gasteiger partial charge in [-0.25, -0.2) is 4.79 Å². The summed E-state index contributed by atoms with van der Waals surface area (Å²) in [5.41, 5.74) is 0.372. The molecule has 7 heteroatoms. The zero-order valence-corrected chi connectivity index (χ0v) is 18.4. The summed E-state index contributed by atoms with van der Waals surface area (Å²) in [6.07, 6.45) is 8.79. The second-order valence-corrected chi connectivity index (χ2v) is 6.85. The Hall–Kier alpha value is -1.44. The van der Waals surface area contributed by atoms with Crippen LogP contribution in [0.5, 0.6) is 0 Å². The Morgan fingerprint density at radius 1 is 0.655 bits per heavy atom. The van der Waals surface area contributed by atoms with Crippen LogP contribution in [0.15, 0.2) is 12.2 Å². The van der Waals surface area contributed by atoms with Crippen LogP contribution < -0.4 is 0 Å². The lowest BCUT2D eigenvalue weighted by Gasteiger charge is -2.08. The lowest BCUT2D eigenvalue weighted by Crippen LogP contribution is -2.15. The Balaban J connectivity index is 3.20. The van der Waals surface area contributed by atoms with Gasteiger partial charge in [0.25, 0.3) is 0 Å². The molecule has 0 saturated heterocycles. The van der Waals surface area contributed by atoms with E-state index in [0.717, 1.165) is 12.8 Å². The van der Waals surface area contributed by atoms with Gasteiger partial charge in [0.2, 0.25) is 0 Å². The Labute approximate surface area is 176 Å². The van der Waals surface area contributed by atoms with Crippen molar-refractivity contribution < 1.29 is 33.3 Å². The zero-order chi connectivity index (χ0) is 21.6. The van der Waals surface area contributed by atoms with Crippen molar-refractivity contribution in [3.05, 3.63) is 12.2 Å². The van der Waals surface area contributed by atoms with Crippen molar-refractivity contribution in [3.8, 4) is 0 Å². The van der Waals surface area contributed by atoms with Crippen LogP contribution in [0, 0.1) is 0 Å². The SMILES string of the molecule is C=C(C)C(=O)OCCOCCOCCOCCOC(=O)CCCCCCCCC. The van der Waals surface area contributed by atoms with E-state index in [0.29, 0.717) is 51.6 Å². The second kappa shape index (κ2) is 21.3. The molecular weight excluding hydrogens is 376 g/mol. The van der Waals surface area contributed by atoms with Gasteiger partial charge in [0, 0.05) is 12.0 Å². The van der Waals surface area contributed by atoms with Crippen LogP contribution in [-0.2, 0) is 33.3 Å². The van der Waals surface area contributed by atoms with Gasteiger partial charge in [-0.2, -0.15) is 0 Å². The number of unbranched alkanes of at least 4 members (excludes halogenated alkanes) is 6. The van der Waals surface area contributed by atoms with E-state index in [2.05, 4.69) is 13.5 Å². The molecule has 0 unspecified atom stereocenters. The zero-order valence-electron chi connectivity index (χ0n) is 18.4. The average Bonchev–Trinajstić information content (AvgIpc) is 2.70. The molecule has 0 rings (SSSR count). The summed E-state index contributed by atoms with van der Waals surface area (Å²) in [7, 11) is 0. The van der Waals surface area contributed by atoms with E-state index in [9.17, 15) is 9.59 Å². The maximum absolute atomic E-state index is 11.6. The molecule has 0 heterocycles. The highest BCUT2D eigenvalue weighted by Gasteiger charge is 2.03. The van der Waals surface area contributed by atoms with E-state index >= 15 is 0 Å². The minimum Gasteiger partial charge on any atom is -0.463 e. The standard InChI is InChI=1S/C22H40O7/c1-4-5-6-7-8-9-10-11-21(23)28-18-16-26-14-12-25-13-15-27-17-19-29-22(24)20(2)3/h2,4-19H2,1,3H3. The Bertz CT molecular complexity index is 423. The highest BCUT2D eigenvalue weighted by Crippen LogP contribution is 2.08. The minimum atomic E-state index is -0.412. The van der Waals surface area contributed by atoms with Crippen molar-refractivity contribution in [1.29, 1.82) is 0 Å². The van der Waals surface area contributed by atoms with Crippen molar-refractivity contribution in [2.45, 2.75) is 65.2 Å². The number of carbonyl (C=O) groups excluding carboxylic acids is 2. The number of rotatable bonds is 21. The van der Waals surface area contributed by atoms with E-state index in [-0.39, 0.29) is 19.2 Å². The van der Waals surface area contributed by atoms with Crippen LogP contribution >= 0.6 is 0 Å². The van der Waals surface area contributed by atoms with Gasteiger partial charge in [0.15, 0.2) is 0 Å². The third-order valence-corrected chi connectivity index (χ3v) is 4.03. The molecule has 0 fully saturated rings. The molecule has 0 aromatic rings. The van der Waals surface area contributed by atoms with Crippen LogP contribution in [0.25, 0.3) is 0 Å². The fourth-order valence-corrected chi connectivity index (χ4v) is 2.37. The fraction of sp³-hybridized carbons (Fsp3) is 0.818. The normalized spacial score (nSPS) is 10.7. The quantitative estimate of drug-likeness (QED) is 0.160. The predicted molar refractivity (Wildman–Crippen MR) is 112 cm³/mol. The van der Waals surface area contributed by atoms with Crippen LogP contribution in [0.3, 0.4) is 0 Å².